The number of nitrogens with zero attached hydrogens (tertiary/aromatic N) is 2. The largest absolute Gasteiger partial charge is 0.352 e. The average Bonchev–Trinajstić information content (AvgIpc) is 2.99. The molecule has 1 aliphatic carbocycles. The maximum atomic E-state index is 12.2. The van der Waals surface area contributed by atoms with Gasteiger partial charge >= 0.3 is 0 Å². The molecule has 1 N–H and O–H groups in total. The first kappa shape index (κ1) is 14.0. The minimum Gasteiger partial charge on any atom is -0.352 e. The number of aryl methyl sites for hydroxylation is 2. The number of amides is 1. The highest BCUT2D eigenvalue weighted by Crippen LogP contribution is 2.23. The average molecular weight is 283 g/mol. The molecule has 0 unspecified atom stereocenters. The second kappa shape index (κ2) is 5.80. The molecule has 0 saturated heterocycles. The summed E-state index contributed by atoms with van der Waals surface area (Å²) in [5.41, 5.74) is 4.13. The van der Waals surface area contributed by atoms with Crippen LogP contribution in [0.1, 0.15) is 47.4 Å². The van der Waals surface area contributed by atoms with Crippen LogP contribution in [0.2, 0.25) is 0 Å². The molecule has 0 bridgehead atoms. The lowest BCUT2D eigenvalue weighted by molar-refractivity contribution is 0.0947. The van der Waals surface area contributed by atoms with Crippen molar-refractivity contribution in [2.45, 2.75) is 39.5 Å². The van der Waals surface area contributed by atoms with Crippen molar-refractivity contribution in [2.75, 3.05) is 6.54 Å². The maximum Gasteiger partial charge on any atom is 0.251 e. The van der Waals surface area contributed by atoms with Crippen molar-refractivity contribution < 1.29 is 4.79 Å². The molecular weight excluding hydrogens is 262 g/mol. The van der Waals surface area contributed by atoms with Crippen molar-refractivity contribution >= 4 is 16.9 Å². The topological polar surface area (TPSA) is 54.9 Å². The molecule has 0 spiro atoms. The van der Waals surface area contributed by atoms with Gasteiger partial charge in [-0.1, -0.05) is 12.8 Å². The van der Waals surface area contributed by atoms with Crippen molar-refractivity contribution in [1.82, 2.24) is 15.3 Å². The Morgan fingerprint density at radius 1 is 1.14 bits per heavy atom. The fourth-order valence-electron chi connectivity index (χ4n) is 2.93. The van der Waals surface area contributed by atoms with Gasteiger partial charge in [-0.2, -0.15) is 0 Å². The van der Waals surface area contributed by atoms with Gasteiger partial charge in [-0.05, 0) is 50.8 Å². The number of fused-ring (bicyclic) bond motifs is 1. The van der Waals surface area contributed by atoms with Crippen LogP contribution in [-0.2, 0) is 0 Å². The van der Waals surface area contributed by atoms with Gasteiger partial charge in [0.05, 0.1) is 22.4 Å². The van der Waals surface area contributed by atoms with Crippen LogP contribution in [0.5, 0.6) is 0 Å². The summed E-state index contributed by atoms with van der Waals surface area (Å²) in [6, 6.07) is 5.54. The molecule has 1 aromatic heterocycles. The smallest absolute Gasteiger partial charge is 0.251 e. The van der Waals surface area contributed by atoms with Gasteiger partial charge in [0.1, 0.15) is 0 Å². The molecule has 1 fully saturated rings. The number of carbonyl (C=O) groups is 1. The summed E-state index contributed by atoms with van der Waals surface area (Å²) >= 11 is 0. The molecule has 1 heterocycles. The number of rotatable bonds is 3. The highest BCUT2D eigenvalue weighted by atomic mass is 16.1. The van der Waals surface area contributed by atoms with Crippen molar-refractivity contribution in [2.24, 2.45) is 5.92 Å². The summed E-state index contributed by atoms with van der Waals surface area (Å²) in [5.74, 6) is 0.642. The third kappa shape index (κ3) is 3.04. The molecule has 1 aromatic carbocycles. The van der Waals surface area contributed by atoms with Gasteiger partial charge in [0.25, 0.3) is 5.91 Å². The Morgan fingerprint density at radius 2 is 1.81 bits per heavy atom. The molecule has 0 aliphatic heterocycles. The molecule has 110 valence electrons. The minimum absolute atomic E-state index is 0.0103. The normalized spacial score (nSPS) is 15.5. The molecule has 0 radical (unpaired) electrons. The highest BCUT2D eigenvalue weighted by Gasteiger charge is 2.16. The number of carbonyl (C=O) groups excluding carboxylic acids is 1. The second-order valence-electron chi connectivity index (χ2n) is 5.96. The van der Waals surface area contributed by atoms with E-state index in [1.807, 2.05) is 32.0 Å². The van der Waals surface area contributed by atoms with Gasteiger partial charge in [-0.25, -0.2) is 9.97 Å². The summed E-state index contributed by atoms with van der Waals surface area (Å²) in [4.78, 5) is 21.2. The predicted octanol–water partition coefficient (Wildman–Crippen LogP) is 3.17. The van der Waals surface area contributed by atoms with E-state index in [1.165, 1.54) is 25.7 Å². The van der Waals surface area contributed by atoms with Crippen LogP contribution in [0.15, 0.2) is 18.2 Å². The van der Waals surface area contributed by atoms with Gasteiger partial charge in [0.2, 0.25) is 0 Å². The Bertz CT molecular complexity index is 675. The predicted molar refractivity (Wildman–Crippen MR) is 83.3 cm³/mol. The SMILES string of the molecule is Cc1nc2ccc(C(=O)NCC3CCCC3)cc2nc1C. The zero-order chi connectivity index (χ0) is 14.8. The number of hydrogen-bond acceptors (Lipinski definition) is 3. The molecule has 4 heteroatoms. The fraction of sp³-hybridized carbons (Fsp3) is 0.471. The molecule has 4 nitrogen and oxygen atoms in total. The third-order valence-electron chi connectivity index (χ3n) is 4.36. The van der Waals surface area contributed by atoms with E-state index in [0.717, 1.165) is 29.0 Å². The summed E-state index contributed by atoms with van der Waals surface area (Å²) in [6.45, 7) is 4.67. The Morgan fingerprint density at radius 3 is 2.52 bits per heavy atom. The molecule has 1 aliphatic rings. The van der Waals surface area contributed by atoms with Gasteiger partial charge in [0, 0.05) is 12.1 Å². The summed E-state index contributed by atoms with van der Waals surface area (Å²) < 4.78 is 0. The fourth-order valence-corrected chi connectivity index (χ4v) is 2.93. The van der Waals surface area contributed by atoms with Crippen molar-refractivity contribution in [3.05, 3.63) is 35.2 Å². The van der Waals surface area contributed by atoms with E-state index in [4.69, 9.17) is 0 Å². The van der Waals surface area contributed by atoms with Crippen LogP contribution in [0.3, 0.4) is 0 Å². The van der Waals surface area contributed by atoms with E-state index in [9.17, 15) is 4.79 Å². The van der Waals surface area contributed by atoms with Crippen LogP contribution in [0, 0.1) is 19.8 Å². The van der Waals surface area contributed by atoms with Crippen molar-refractivity contribution in [3.63, 3.8) is 0 Å². The standard InChI is InChI=1S/C17H21N3O/c1-11-12(2)20-16-9-14(7-8-15(16)19-11)17(21)18-10-13-5-3-4-6-13/h7-9,13H,3-6,10H2,1-2H3,(H,18,21). The lowest BCUT2D eigenvalue weighted by Gasteiger charge is -2.11. The lowest BCUT2D eigenvalue weighted by atomic mass is 10.1. The van der Waals surface area contributed by atoms with Gasteiger partial charge < -0.3 is 5.32 Å². The Labute approximate surface area is 125 Å². The van der Waals surface area contributed by atoms with E-state index < -0.39 is 0 Å². The van der Waals surface area contributed by atoms with E-state index in [-0.39, 0.29) is 5.91 Å². The Balaban J connectivity index is 1.76. The zero-order valence-electron chi connectivity index (χ0n) is 12.6. The van der Waals surface area contributed by atoms with Crippen LogP contribution in [0.4, 0.5) is 0 Å². The summed E-state index contributed by atoms with van der Waals surface area (Å²) in [7, 11) is 0. The quantitative estimate of drug-likeness (QED) is 0.941. The molecule has 1 saturated carbocycles. The first-order chi connectivity index (χ1) is 10.1. The monoisotopic (exact) mass is 283 g/mol. The number of aromatic nitrogens is 2. The third-order valence-corrected chi connectivity index (χ3v) is 4.36. The Hall–Kier alpha value is -1.97. The maximum absolute atomic E-state index is 12.2. The number of benzene rings is 1. The van der Waals surface area contributed by atoms with Crippen molar-refractivity contribution in [1.29, 1.82) is 0 Å². The van der Waals surface area contributed by atoms with Gasteiger partial charge in [0.15, 0.2) is 0 Å². The molecular formula is C17H21N3O. The molecule has 21 heavy (non-hydrogen) atoms. The molecule has 0 atom stereocenters. The molecule has 3 rings (SSSR count). The van der Waals surface area contributed by atoms with Crippen LogP contribution < -0.4 is 5.32 Å². The Kier molecular flexibility index (Phi) is 3.86. The lowest BCUT2D eigenvalue weighted by Crippen LogP contribution is -2.28. The summed E-state index contributed by atoms with van der Waals surface area (Å²) in [5, 5.41) is 3.04. The number of nitrogens with one attached hydrogen (secondary N) is 1. The van der Waals surface area contributed by atoms with Crippen LogP contribution in [-0.4, -0.2) is 22.4 Å². The summed E-state index contributed by atoms with van der Waals surface area (Å²) in [6.07, 6.45) is 5.07. The van der Waals surface area contributed by atoms with Gasteiger partial charge in [-0.15, -0.1) is 0 Å². The highest BCUT2D eigenvalue weighted by molar-refractivity contribution is 5.97. The van der Waals surface area contributed by atoms with E-state index >= 15 is 0 Å². The van der Waals surface area contributed by atoms with E-state index in [1.54, 1.807) is 0 Å². The van der Waals surface area contributed by atoms with E-state index in [0.29, 0.717) is 11.5 Å². The second-order valence-corrected chi connectivity index (χ2v) is 5.96. The molecule has 1 amide bonds. The first-order valence-corrected chi connectivity index (χ1v) is 7.66. The first-order valence-electron chi connectivity index (χ1n) is 7.66. The van der Waals surface area contributed by atoms with E-state index in [2.05, 4.69) is 15.3 Å². The minimum atomic E-state index is -0.0103. The molecule has 2 aromatic rings. The van der Waals surface area contributed by atoms with Gasteiger partial charge in [-0.3, -0.25) is 4.79 Å². The van der Waals surface area contributed by atoms with Crippen molar-refractivity contribution in [3.8, 4) is 0 Å². The number of hydrogen-bond donors (Lipinski definition) is 1. The van der Waals surface area contributed by atoms with Crippen LogP contribution in [0.25, 0.3) is 11.0 Å². The van der Waals surface area contributed by atoms with Crippen LogP contribution >= 0.6 is 0 Å². The zero-order valence-corrected chi connectivity index (χ0v) is 12.6.